The minimum Gasteiger partial charge on any atom is -0.270 e. The van der Waals surface area contributed by atoms with E-state index in [9.17, 15) is 0 Å². The lowest BCUT2D eigenvalue weighted by Gasteiger charge is -2.04. The van der Waals surface area contributed by atoms with Gasteiger partial charge >= 0.3 is 0 Å². The summed E-state index contributed by atoms with van der Waals surface area (Å²) in [5, 5.41) is 8.91. The van der Waals surface area contributed by atoms with Gasteiger partial charge in [-0.25, -0.2) is 0 Å². The van der Waals surface area contributed by atoms with Gasteiger partial charge in [0.05, 0.1) is 17.4 Å². The van der Waals surface area contributed by atoms with Gasteiger partial charge in [-0.05, 0) is 50.7 Å². The molecule has 0 saturated heterocycles. The van der Waals surface area contributed by atoms with Crippen molar-refractivity contribution in [1.29, 1.82) is 0 Å². The SMILES string of the molecule is CC(C)c1ccn(C(C)C)n1.CC(C)c1ccn(C2CC2)n1. The summed E-state index contributed by atoms with van der Waals surface area (Å²) in [6.07, 6.45) is 6.78. The highest BCUT2D eigenvalue weighted by atomic mass is 15.3. The largest absolute Gasteiger partial charge is 0.270 e. The highest BCUT2D eigenvalue weighted by Gasteiger charge is 2.24. The molecule has 0 aromatic carbocycles. The van der Waals surface area contributed by atoms with Gasteiger partial charge < -0.3 is 0 Å². The van der Waals surface area contributed by atoms with Gasteiger partial charge in [0.15, 0.2) is 0 Å². The van der Waals surface area contributed by atoms with Gasteiger partial charge in [0.25, 0.3) is 0 Å². The van der Waals surface area contributed by atoms with Crippen molar-refractivity contribution in [2.24, 2.45) is 0 Å². The molecule has 1 saturated carbocycles. The van der Waals surface area contributed by atoms with Crippen LogP contribution < -0.4 is 0 Å². The predicted molar refractivity (Wildman–Crippen MR) is 91.3 cm³/mol. The van der Waals surface area contributed by atoms with E-state index in [0.717, 1.165) is 6.04 Å². The summed E-state index contributed by atoms with van der Waals surface area (Å²) in [6.45, 7) is 13.0. The maximum absolute atomic E-state index is 4.49. The van der Waals surface area contributed by atoms with Crippen LogP contribution in [0.5, 0.6) is 0 Å². The fraction of sp³-hybridized carbons (Fsp3) is 0.667. The third kappa shape index (κ3) is 4.46. The Hall–Kier alpha value is -1.58. The Morgan fingerprint density at radius 1 is 0.864 bits per heavy atom. The van der Waals surface area contributed by atoms with Gasteiger partial charge in [0, 0.05) is 18.4 Å². The number of aromatic nitrogens is 4. The lowest BCUT2D eigenvalue weighted by atomic mass is 10.1. The minimum absolute atomic E-state index is 0.475. The fourth-order valence-electron chi connectivity index (χ4n) is 2.15. The van der Waals surface area contributed by atoms with Crippen molar-refractivity contribution in [3.8, 4) is 0 Å². The van der Waals surface area contributed by atoms with Crippen LogP contribution in [0.25, 0.3) is 0 Å². The molecule has 0 radical (unpaired) electrons. The van der Waals surface area contributed by atoms with E-state index >= 15 is 0 Å². The molecule has 22 heavy (non-hydrogen) atoms. The molecule has 2 heterocycles. The number of rotatable bonds is 4. The summed E-state index contributed by atoms with van der Waals surface area (Å²) >= 11 is 0. The molecule has 1 aliphatic carbocycles. The van der Waals surface area contributed by atoms with Gasteiger partial charge in [0.2, 0.25) is 0 Å². The van der Waals surface area contributed by atoms with Crippen LogP contribution in [0.4, 0.5) is 0 Å². The van der Waals surface area contributed by atoms with Crippen LogP contribution in [0, 0.1) is 0 Å². The van der Waals surface area contributed by atoms with Crippen molar-refractivity contribution >= 4 is 0 Å². The van der Waals surface area contributed by atoms with Crippen molar-refractivity contribution in [3.05, 3.63) is 35.9 Å². The van der Waals surface area contributed by atoms with Gasteiger partial charge in [-0.15, -0.1) is 0 Å². The van der Waals surface area contributed by atoms with Crippen molar-refractivity contribution in [2.45, 2.75) is 78.3 Å². The average molecular weight is 302 g/mol. The van der Waals surface area contributed by atoms with Crippen molar-refractivity contribution < 1.29 is 0 Å². The zero-order chi connectivity index (χ0) is 16.3. The molecule has 0 aliphatic heterocycles. The van der Waals surface area contributed by atoms with Crippen LogP contribution in [0.3, 0.4) is 0 Å². The van der Waals surface area contributed by atoms with Crippen molar-refractivity contribution in [2.75, 3.05) is 0 Å². The lowest BCUT2D eigenvalue weighted by molar-refractivity contribution is 0.523. The first-order valence-corrected chi connectivity index (χ1v) is 8.48. The highest BCUT2D eigenvalue weighted by Crippen LogP contribution is 2.34. The standard InChI is InChI=1S/C9H14N2.C9H16N2/c1-7(2)9-5-6-11(10-9)8-3-4-8;1-7(2)9-5-6-11(10-9)8(3)4/h5-8H,3-4H2,1-2H3;5-8H,1-4H3. The van der Waals surface area contributed by atoms with Gasteiger partial charge in [0.1, 0.15) is 0 Å². The maximum Gasteiger partial charge on any atom is 0.0650 e. The maximum atomic E-state index is 4.49. The normalized spacial score (nSPS) is 14.6. The zero-order valence-electron chi connectivity index (χ0n) is 14.8. The second-order valence-corrected chi connectivity index (χ2v) is 7.08. The number of nitrogens with zero attached hydrogens (tertiary/aromatic N) is 4. The second-order valence-electron chi connectivity index (χ2n) is 7.08. The lowest BCUT2D eigenvalue weighted by Crippen LogP contribution is -2.02. The smallest absolute Gasteiger partial charge is 0.0650 e. The summed E-state index contributed by atoms with van der Waals surface area (Å²) < 4.78 is 4.10. The summed E-state index contributed by atoms with van der Waals surface area (Å²) in [5.74, 6) is 1.10. The molecule has 1 fully saturated rings. The van der Waals surface area contributed by atoms with Crippen molar-refractivity contribution in [1.82, 2.24) is 19.6 Å². The predicted octanol–water partition coefficient (Wildman–Crippen LogP) is 4.93. The molecule has 4 heteroatoms. The Labute approximate surface area is 134 Å². The van der Waals surface area contributed by atoms with E-state index in [-0.39, 0.29) is 0 Å². The van der Waals surface area contributed by atoms with E-state index in [4.69, 9.17) is 0 Å². The first-order valence-electron chi connectivity index (χ1n) is 8.48. The van der Waals surface area contributed by atoms with Crippen molar-refractivity contribution in [3.63, 3.8) is 0 Å². The zero-order valence-corrected chi connectivity index (χ0v) is 14.8. The molecule has 122 valence electrons. The molecule has 0 spiro atoms. The van der Waals surface area contributed by atoms with E-state index < -0.39 is 0 Å². The first-order chi connectivity index (χ1) is 10.4. The van der Waals surface area contributed by atoms with Crippen LogP contribution in [-0.4, -0.2) is 19.6 Å². The third-order valence-electron chi connectivity index (χ3n) is 3.89. The first kappa shape index (κ1) is 16.8. The van der Waals surface area contributed by atoms with Crippen LogP contribution >= 0.6 is 0 Å². The van der Waals surface area contributed by atoms with Gasteiger partial charge in [-0.2, -0.15) is 10.2 Å². The summed E-state index contributed by atoms with van der Waals surface area (Å²) in [5.41, 5.74) is 2.40. The Bertz CT molecular complexity index is 488. The van der Waals surface area contributed by atoms with Gasteiger partial charge in [-0.1, -0.05) is 27.7 Å². The molecule has 0 N–H and O–H groups in total. The Morgan fingerprint density at radius 2 is 1.41 bits per heavy atom. The van der Waals surface area contributed by atoms with Crippen LogP contribution in [0.1, 0.15) is 89.7 Å². The van der Waals surface area contributed by atoms with E-state index in [1.807, 2.05) is 10.9 Å². The minimum atomic E-state index is 0.475. The molecule has 0 amide bonds. The van der Waals surface area contributed by atoms with Crippen LogP contribution in [0.15, 0.2) is 24.5 Å². The second kappa shape index (κ2) is 7.12. The molecule has 1 aliphatic rings. The van der Waals surface area contributed by atoms with Gasteiger partial charge in [-0.3, -0.25) is 9.36 Å². The summed E-state index contributed by atoms with van der Waals surface area (Å²) in [7, 11) is 0. The Kier molecular flexibility index (Phi) is 5.43. The van der Waals surface area contributed by atoms with Crippen LogP contribution in [0.2, 0.25) is 0 Å². The number of hydrogen-bond donors (Lipinski definition) is 0. The molecule has 3 rings (SSSR count). The van der Waals surface area contributed by atoms with E-state index in [1.165, 1.54) is 24.2 Å². The van der Waals surface area contributed by atoms with E-state index in [2.05, 4.69) is 74.8 Å². The molecule has 0 unspecified atom stereocenters. The third-order valence-corrected chi connectivity index (χ3v) is 3.89. The molecule has 2 aromatic heterocycles. The molecule has 0 atom stereocenters. The van der Waals surface area contributed by atoms with Crippen LogP contribution in [-0.2, 0) is 0 Å². The quantitative estimate of drug-likeness (QED) is 0.803. The number of hydrogen-bond acceptors (Lipinski definition) is 2. The molecule has 4 nitrogen and oxygen atoms in total. The van der Waals surface area contributed by atoms with E-state index in [0.29, 0.717) is 17.9 Å². The Balaban J connectivity index is 0.000000160. The Morgan fingerprint density at radius 3 is 1.77 bits per heavy atom. The molecular formula is C18H30N4. The fourth-order valence-corrected chi connectivity index (χ4v) is 2.15. The molecule has 0 bridgehead atoms. The average Bonchev–Trinajstić information content (AvgIpc) is 3.00. The topological polar surface area (TPSA) is 35.6 Å². The highest BCUT2D eigenvalue weighted by molar-refractivity contribution is 5.05. The molecular weight excluding hydrogens is 272 g/mol. The van der Waals surface area contributed by atoms with E-state index in [1.54, 1.807) is 0 Å². The molecule has 2 aromatic rings. The summed E-state index contributed by atoms with van der Waals surface area (Å²) in [4.78, 5) is 0. The monoisotopic (exact) mass is 302 g/mol. The summed E-state index contributed by atoms with van der Waals surface area (Å²) in [6, 6.07) is 5.42.